The van der Waals surface area contributed by atoms with Crippen LogP contribution in [0, 0.1) is 5.92 Å². The van der Waals surface area contributed by atoms with Crippen LogP contribution in [0.3, 0.4) is 0 Å². The average molecular weight is 336 g/mol. The summed E-state index contributed by atoms with van der Waals surface area (Å²) in [5.41, 5.74) is 1.12. The summed E-state index contributed by atoms with van der Waals surface area (Å²) in [6.07, 6.45) is 0.873. The summed E-state index contributed by atoms with van der Waals surface area (Å²) in [6, 6.07) is 10.8. The Morgan fingerprint density at radius 2 is 1.78 bits per heavy atom. The molecule has 1 aromatic rings. The molecule has 130 valence electrons. The Morgan fingerprint density at radius 1 is 1.22 bits per heavy atom. The molecule has 4 heteroatoms. The first kappa shape index (κ1) is 18.7. The Kier molecular flexibility index (Phi) is 5.12. The quantitative estimate of drug-likeness (QED) is 0.710. The molecule has 0 bridgehead atoms. The predicted octanol–water partition coefficient (Wildman–Crippen LogP) is 5.15. The molecule has 23 heavy (non-hydrogen) atoms. The van der Waals surface area contributed by atoms with Crippen molar-refractivity contribution < 1.29 is 9.26 Å². The standard InChI is InChI=1S/C19H33NO2Si/c1-15(2)17-14-19(21-20(17)6,16-12-10-9-11-13-16)22-23(7,8)18(3,4)5/h9-13,15,17H,14H2,1-8H3/t17-,19+/m1/s1. The van der Waals surface area contributed by atoms with Crippen molar-refractivity contribution in [1.82, 2.24) is 5.06 Å². The highest BCUT2D eigenvalue weighted by molar-refractivity contribution is 6.74. The molecular weight excluding hydrogens is 302 g/mol. The second kappa shape index (κ2) is 6.32. The van der Waals surface area contributed by atoms with E-state index in [0.717, 1.165) is 12.0 Å². The van der Waals surface area contributed by atoms with Crippen LogP contribution >= 0.6 is 0 Å². The van der Waals surface area contributed by atoms with Crippen LogP contribution < -0.4 is 0 Å². The first-order valence-corrected chi connectivity index (χ1v) is 11.6. The third-order valence-electron chi connectivity index (χ3n) is 5.45. The van der Waals surface area contributed by atoms with Gasteiger partial charge in [0.2, 0.25) is 5.79 Å². The van der Waals surface area contributed by atoms with Crippen molar-refractivity contribution in [1.29, 1.82) is 0 Å². The van der Waals surface area contributed by atoms with Crippen LogP contribution in [0.4, 0.5) is 0 Å². The van der Waals surface area contributed by atoms with Gasteiger partial charge in [-0.3, -0.25) is 4.84 Å². The molecular formula is C19H33NO2Si. The minimum absolute atomic E-state index is 0.145. The highest BCUT2D eigenvalue weighted by atomic mass is 28.4. The number of hydrogen-bond donors (Lipinski definition) is 0. The van der Waals surface area contributed by atoms with Crippen molar-refractivity contribution in [3.63, 3.8) is 0 Å². The minimum Gasteiger partial charge on any atom is -0.385 e. The summed E-state index contributed by atoms with van der Waals surface area (Å²) in [6.45, 7) is 15.9. The maximum atomic E-state index is 6.86. The number of rotatable bonds is 4. The highest BCUT2D eigenvalue weighted by Crippen LogP contribution is 2.48. The van der Waals surface area contributed by atoms with Gasteiger partial charge in [-0.2, -0.15) is 5.06 Å². The van der Waals surface area contributed by atoms with Crippen molar-refractivity contribution in [2.24, 2.45) is 5.92 Å². The summed E-state index contributed by atoms with van der Waals surface area (Å²) < 4.78 is 6.86. The van der Waals surface area contributed by atoms with Crippen LogP contribution in [-0.2, 0) is 15.1 Å². The van der Waals surface area contributed by atoms with Crippen LogP contribution in [0.2, 0.25) is 18.1 Å². The van der Waals surface area contributed by atoms with E-state index >= 15 is 0 Å². The van der Waals surface area contributed by atoms with E-state index in [4.69, 9.17) is 9.26 Å². The zero-order chi connectivity index (χ0) is 17.5. The second-order valence-electron chi connectivity index (χ2n) is 8.63. The molecule has 0 amide bonds. The maximum Gasteiger partial charge on any atom is 0.206 e. The third-order valence-corrected chi connectivity index (χ3v) is 9.90. The number of hydrogen-bond acceptors (Lipinski definition) is 3. The summed E-state index contributed by atoms with van der Waals surface area (Å²) >= 11 is 0. The van der Waals surface area contributed by atoms with Crippen LogP contribution in [0.5, 0.6) is 0 Å². The predicted molar refractivity (Wildman–Crippen MR) is 98.5 cm³/mol. The molecule has 0 aromatic heterocycles. The fraction of sp³-hybridized carbons (Fsp3) is 0.684. The lowest BCUT2D eigenvalue weighted by Crippen LogP contribution is -2.48. The Morgan fingerprint density at radius 3 is 2.22 bits per heavy atom. The Balaban J connectivity index is 2.43. The lowest BCUT2D eigenvalue weighted by Gasteiger charge is -2.43. The van der Waals surface area contributed by atoms with Crippen LogP contribution in [0.1, 0.15) is 46.6 Å². The van der Waals surface area contributed by atoms with Gasteiger partial charge in [0, 0.05) is 25.1 Å². The van der Waals surface area contributed by atoms with Crippen LogP contribution in [0.15, 0.2) is 30.3 Å². The Bertz CT molecular complexity index is 524. The summed E-state index contributed by atoms with van der Waals surface area (Å²) in [5.74, 6) is -0.137. The molecule has 0 spiro atoms. The lowest BCUT2D eigenvalue weighted by molar-refractivity contribution is -0.278. The molecule has 0 saturated carbocycles. The Hall–Kier alpha value is -0.683. The van der Waals surface area contributed by atoms with Gasteiger partial charge in [-0.15, -0.1) is 0 Å². The van der Waals surface area contributed by atoms with Gasteiger partial charge >= 0.3 is 0 Å². The van der Waals surface area contributed by atoms with Gasteiger partial charge in [-0.05, 0) is 24.1 Å². The van der Waals surface area contributed by atoms with Crippen LogP contribution in [0.25, 0.3) is 0 Å². The monoisotopic (exact) mass is 335 g/mol. The molecule has 2 rings (SSSR count). The molecule has 1 fully saturated rings. The van der Waals surface area contributed by atoms with Gasteiger partial charge in [0.05, 0.1) is 0 Å². The van der Waals surface area contributed by atoms with E-state index in [1.54, 1.807) is 0 Å². The molecule has 0 N–H and O–H groups in total. The van der Waals surface area contributed by atoms with Crippen molar-refractivity contribution in [2.45, 2.75) is 71.0 Å². The second-order valence-corrected chi connectivity index (χ2v) is 13.4. The maximum absolute atomic E-state index is 6.86. The number of benzene rings is 1. The fourth-order valence-corrected chi connectivity index (χ4v) is 4.31. The molecule has 0 radical (unpaired) electrons. The SMILES string of the molecule is CC(C)[C@H]1C[C@](O[Si](C)(C)C(C)(C)C)(c2ccccc2)ON1C. The van der Waals surface area contributed by atoms with Crippen molar-refractivity contribution in [2.75, 3.05) is 7.05 Å². The summed E-state index contributed by atoms with van der Waals surface area (Å²) in [7, 11) is 0.0614. The van der Waals surface area contributed by atoms with Gasteiger partial charge in [0.25, 0.3) is 0 Å². The zero-order valence-electron chi connectivity index (χ0n) is 16.0. The third kappa shape index (κ3) is 3.71. The molecule has 1 aliphatic rings. The summed E-state index contributed by atoms with van der Waals surface area (Å²) in [4.78, 5) is 6.39. The molecule has 1 aromatic carbocycles. The summed E-state index contributed by atoms with van der Waals surface area (Å²) in [5, 5.41) is 2.15. The van der Waals surface area contributed by atoms with Crippen molar-refractivity contribution >= 4 is 8.32 Å². The smallest absolute Gasteiger partial charge is 0.206 e. The molecule has 3 nitrogen and oxygen atoms in total. The number of nitrogens with zero attached hydrogens (tertiary/aromatic N) is 1. The van der Waals surface area contributed by atoms with Gasteiger partial charge in [-0.1, -0.05) is 65.0 Å². The van der Waals surface area contributed by atoms with Gasteiger partial charge in [0.1, 0.15) is 0 Å². The van der Waals surface area contributed by atoms with E-state index in [1.807, 2.05) is 18.2 Å². The highest BCUT2D eigenvalue weighted by Gasteiger charge is 2.53. The zero-order valence-corrected chi connectivity index (χ0v) is 17.0. The van der Waals surface area contributed by atoms with E-state index in [9.17, 15) is 0 Å². The minimum atomic E-state index is -1.97. The first-order chi connectivity index (χ1) is 10.5. The Labute approximate surface area is 143 Å². The van der Waals surface area contributed by atoms with Crippen molar-refractivity contribution in [3.8, 4) is 0 Å². The topological polar surface area (TPSA) is 21.7 Å². The lowest BCUT2D eigenvalue weighted by atomic mass is 9.93. The van der Waals surface area contributed by atoms with E-state index in [0.29, 0.717) is 12.0 Å². The molecule has 1 aliphatic heterocycles. The van der Waals surface area contributed by atoms with Crippen LogP contribution in [-0.4, -0.2) is 26.5 Å². The molecule has 1 heterocycles. The largest absolute Gasteiger partial charge is 0.385 e. The normalized spacial score (nSPS) is 26.9. The number of hydroxylamine groups is 2. The van der Waals surface area contributed by atoms with E-state index in [2.05, 4.69) is 72.0 Å². The van der Waals surface area contributed by atoms with Gasteiger partial charge < -0.3 is 4.43 Å². The van der Waals surface area contributed by atoms with E-state index < -0.39 is 14.1 Å². The molecule has 0 unspecified atom stereocenters. The van der Waals surface area contributed by atoms with E-state index in [1.165, 1.54) is 0 Å². The molecule has 2 atom stereocenters. The molecule has 1 saturated heterocycles. The van der Waals surface area contributed by atoms with Gasteiger partial charge in [0.15, 0.2) is 8.32 Å². The van der Waals surface area contributed by atoms with Gasteiger partial charge in [-0.25, -0.2) is 0 Å². The fourth-order valence-electron chi connectivity index (χ4n) is 2.94. The first-order valence-electron chi connectivity index (χ1n) is 8.66. The average Bonchev–Trinajstić information content (AvgIpc) is 2.76. The molecule has 0 aliphatic carbocycles. The van der Waals surface area contributed by atoms with Crippen molar-refractivity contribution in [3.05, 3.63) is 35.9 Å². The van der Waals surface area contributed by atoms with E-state index in [-0.39, 0.29) is 5.04 Å².